The zero-order valence-corrected chi connectivity index (χ0v) is 10.7. The molecule has 1 aliphatic heterocycles. The maximum absolute atomic E-state index is 6.27. The standard InChI is InChI=1S/C12H27N3/c1-10(2)11(13)12(3,4)9-15-7-5-14-6-8-15/h10-11,14H,5-9,13H2,1-4H3. The van der Waals surface area contributed by atoms with Crippen LogP contribution < -0.4 is 11.1 Å². The molecule has 1 rings (SSSR count). The van der Waals surface area contributed by atoms with Gasteiger partial charge in [0, 0.05) is 38.8 Å². The third kappa shape index (κ3) is 3.74. The molecule has 0 saturated carbocycles. The van der Waals surface area contributed by atoms with Crippen LogP contribution in [0.2, 0.25) is 0 Å². The van der Waals surface area contributed by atoms with E-state index in [1.54, 1.807) is 0 Å². The second-order valence-corrected chi connectivity index (χ2v) is 5.78. The number of hydrogen-bond acceptors (Lipinski definition) is 3. The zero-order chi connectivity index (χ0) is 11.5. The van der Waals surface area contributed by atoms with Crippen LogP contribution >= 0.6 is 0 Å². The Morgan fingerprint density at radius 1 is 1.27 bits per heavy atom. The van der Waals surface area contributed by atoms with E-state index in [4.69, 9.17) is 5.73 Å². The van der Waals surface area contributed by atoms with Crippen molar-refractivity contribution in [2.24, 2.45) is 17.1 Å². The molecule has 3 N–H and O–H groups in total. The Labute approximate surface area is 94.4 Å². The number of hydrogen-bond donors (Lipinski definition) is 2. The molecule has 0 radical (unpaired) electrons. The van der Waals surface area contributed by atoms with Gasteiger partial charge in [0.05, 0.1) is 0 Å². The number of nitrogens with two attached hydrogens (primary N) is 1. The van der Waals surface area contributed by atoms with Gasteiger partial charge in [0.25, 0.3) is 0 Å². The lowest BCUT2D eigenvalue weighted by molar-refractivity contribution is 0.122. The molecule has 1 unspecified atom stereocenters. The minimum Gasteiger partial charge on any atom is -0.327 e. The van der Waals surface area contributed by atoms with Crippen LogP contribution in [0.15, 0.2) is 0 Å². The number of piperazine rings is 1. The first-order valence-corrected chi connectivity index (χ1v) is 6.12. The average Bonchev–Trinajstić information content (AvgIpc) is 2.17. The molecule has 0 amide bonds. The van der Waals surface area contributed by atoms with Crippen molar-refractivity contribution in [1.82, 2.24) is 10.2 Å². The molecule has 0 bridgehead atoms. The maximum Gasteiger partial charge on any atom is 0.0126 e. The predicted molar refractivity (Wildman–Crippen MR) is 65.9 cm³/mol. The molecular formula is C12H27N3. The minimum atomic E-state index is 0.214. The van der Waals surface area contributed by atoms with Gasteiger partial charge in [-0.05, 0) is 11.3 Å². The van der Waals surface area contributed by atoms with Gasteiger partial charge in [0.15, 0.2) is 0 Å². The summed E-state index contributed by atoms with van der Waals surface area (Å²) in [5.41, 5.74) is 6.48. The first-order chi connectivity index (χ1) is 6.93. The first kappa shape index (κ1) is 12.9. The predicted octanol–water partition coefficient (Wildman–Crippen LogP) is 0.901. The van der Waals surface area contributed by atoms with E-state index in [0.29, 0.717) is 5.92 Å². The van der Waals surface area contributed by atoms with Crippen LogP contribution in [0.3, 0.4) is 0 Å². The van der Waals surface area contributed by atoms with E-state index in [0.717, 1.165) is 32.7 Å². The molecule has 1 aliphatic rings. The van der Waals surface area contributed by atoms with E-state index in [-0.39, 0.29) is 11.5 Å². The van der Waals surface area contributed by atoms with E-state index in [2.05, 4.69) is 37.9 Å². The molecule has 0 aromatic heterocycles. The van der Waals surface area contributed by atoms with E-state index in [1.807, 2.05) is 0 Å². The van der Waals surface area contributed by atoms with Crippen LogP contribution in [0.5, 0.6) is 0 Å². The summed E-state index contributed by atoms with van der Waals surface area (Å²) in [6, 6.07) is 0.285. The summed E-state index contributed by atoms with van der Waals surface area (Å²) in [6.45, 7) is 14.7. The van der Waals surface area contributed by atoms with Gasteiger partial charge in [-0.15, -0.1) is 0 Å². The summed E-state index contributed by atoms with van der Waals surface area (Å²) in [5.74, 6) is 0.558. The first-order valence-electron chi connectivity index (χ1n) is 6.12. The lowest BCUT2D eigenvalue weighted by atomic mass is 9.78. The SMILES string of the molecule is CC(C)C(N)C(C)(C)CN1CCNCC1. The molecule has 15 heavy (non-hydrogen) atoms. The number of rotatable bonds is 4. The zero-order valence-electron chi connectivity index (χ0n) is 10.7. The summed E-state index contributed by atoms with van der Waals surface area (Å²) in [4.78, 5) is 2.53. The third-order valence-electron chi connectivity index (χ3n) is 3.46. The molecule has 1 fully saturated rings. The van der Waals surface area contributed by atoms with Crippen molar-refractivity contribution in [1.29, 1.82) is 0 Å². The topological polar surface area (TPSA) is 41.3 Å². The fourth-order valence-corrected chi connectivity index (χ4v) is 2.45. The normalized spacial score (nSPS) is 22.0. The van der Waals surface area contributed by atoms with E-state index < -0.39 is 0 Å². The summed E-state index contributed by atoms with van der Waals surface area (Å²) in [5, 5.41) is 3.38. The lowest BCUT2D eigenvalue weighted by Crippen LogP contribution is -2.52. The van der Waals surface area contributed by atoms with Crippen LogP contribution in [-0.2, 0) is 0 Å². The maximum atomic E-state index is 6.27. The largest absolute Gasteiger partial charge is 0.327 e. The van der Waals surface area contributed by atoms with E-state index in [9.17, 15) is 0 Å². The highest BCUT2D eigenvalue weighted by molar-refractivity contribution is 4.87. The van der Waals surface area contributed by atoms with Crippen molar-refractivity contribution in [3.8, 4) is 0 Å². The molecule has 1 heterocycles. The quantitative estimate of drug-likeness (QED) is 0.729. The van der Waals surface area contributed by atoms with E-state index in [1.165, 1.54) is 0 Å². The Morgan fingerprint density at radius 2 is 1.80 bits per heavy atom. The monoisotopic (exact) mass is 213 g/mol. The van der Waals surface area contributed by atoms with Crippen molar-refractivity contribution in [2.45, 2.75) is 33.7 Å². The Balaban J connectivity index is 2.46. The Bertz CT molecular complexity index is 183. The molecule has 3 nitrogen and oxygen atoms in total. The number of nitrogens with one attached hydrogen (secondary N) is 1. The number of nitrogens with zero attached hydrogens (tertiary/aromatic N) is 1. The Morgan fingerprint density at radius 3 is 2.27 bits per heavy atom. The van der Waals surface area contributed by atoms with Gasteiger partial charge < -0.3 is 16.0 Å². The minimum absolute atomic E-state index is 0.214. The second kappa shape index (κ2) is 5.28. The fraction of sp³-hybridized carbons (Fsp3) is 1.00. The van der Waals surface area contributed by atoms with Gasteiger partial charge in [0.1, 0.15) is 0 Å². The van der Waals surface area contributed by atoms with Crippen LogP contribution in [0.1, 0.15) is 27.7 Å². The van der Waals surface area contributed by atoms with Crippen molar-refractivity contribution in [2.75, 3.05) is 32.7 Å². The second-order valence-electron chi connectivity index (χ2n) is 5.78. The summed E-state index contributed by atoms with van der Waals surface area (Å²) in [6.07, 6.45) is 0. The molecule has 0 spiro atoms. The van der Waals surface area contributed by atoms with Gasteiger partial charge in [0.2, 0.25) is 0 Å². The van der Waals surface area contributed by atoms with Gasteiger partial charge in [-0.25, -0.2) is 0 Å². The highest BCUT2D eigenvalue weighted by Gasteiger charge is 2.30. The lowest BCUT2D eigenvalue weighted by Gasteiger charge is -2.40. The van der Waals surface area contributed by atoms with Crippen molar-refractivity contribution in [3.05, 3.63) is 0 Å². The van der Waals surface area contributed by atoms with Crippen molar-refractivity contribution in [3.63, 3.8) is 0 Å². The molecule has 3 heteroatoms. The molecular weight excluding hydrogens is 186 g/mol. The smallest absolute Gasteiger partial charge is 0.0126 e. The van der Waals surface area contributed by atoms with Crippen LogP contribution in [0, 0.1) is 11.3 Å². The van der Waals surface area contributed by atoms with Gasteiger partial charge in [-0.3, -0.25) is 0 Å². The molecule has 1 saturated heterocycles. The Hall–Kier alpha value is -0.120. The van der Waals surface area contributed by atoms with Crippen LogP contribution in [0.25, 0.3) is 0 Å². The molecule has 0 aromatic carbocycles. The molecule has 0 aromatic rings. The van der Waals surface area contributed by atoms with Gasteiger partial charge in [-0.2, -0.15) is 0 Å². The highest BCUT2D eigenvalue weighted by Crippen LogP contribution is 2.25. The summed E-state index contributed by atoms with van der Waals surface area (Å²) in [7, 11) is 0. The van der Waals surface area contributed by atoms with Gasteiger partial charge >= 0.3 is 0 Å². The summed E-state index contributed by atoms with van der Waals surface area (Å²) < 4.78 is 0. The fourth-order valence-electron chi connectivity index (χ4n) is 2.45. The highest BCUT2D eigenvalue weighted by atomic mass is 15.2. The van der Waals surface area contributed by atoms with Crippen LogP contribution in [-0.4, -0.2) is 43.7 Å². The third-order valence-corrected chi connectivity index (χ3v) is 3.46. The molecule has 0 aliphatic carbocycles. The molecule has 90 valence electrons. The van der Waals surface area contributed by atoms with Gasteiger partial charge in [-0.1, -0.05) is 27.7 Å². The van der Waals surface area contributed by atoms with E-state index >= 15 is 0 Å². The average molecular weight is 213 g/mol. The summed E-state index contributed by atoms with van der Waals surface area (Å²) >= 11 is 0. The Kier molecular flexibility index (Phi) is 4.56. The van der Waals surface area contributed by atoms with Crippen LogP contribution in [0.4, 0.5) is 0 Å². The molecule has 1 atom stereocenters. The van der Waals surface area contributed by atoms with Crippen molar-refractivity contribution < 1.29 is 0 Å². The van der Waals surface area contributed by atoms with Crippen molar-refractivity contribution >= 4 is 0 Å².